The maximum absolute atomic E-state index is 11.9. The normalized spacial score (nSPS) is 25.4. The molecule has 2 rings (SSSR count). The van der Waals surface area contributed by atoms with E-state index >= 15 is 0 Å². The fourth-order valence-corrected chi connectivity index (χ4v) is 2.32. The summed E-state index contributed by atoms with van der Waals surface area (Å²) >= 11 is 2.92. The Morgan fingerprint density at radius 2 is 2.30 bits per heavy atom. The van der Waals surface area contributed by atoms with Crippen molar-refractivity contribution in [2.45, 2.75) is 24.9 Å². The quantitative estimate of drug-likeness (QED) is 0.395. The van der Waals surface area contributed by atoms with Crippen LogP contribution in [-0.2, 0) is 4.74 Å². The standard InChI is InChI=1S/C9H10BrN5O5/c10-6-7(13-14-11)15(9(19)12-8(6)18)5-1-3(17)4(2-16)20-5/h3-5,16-17H,1-2H2,(H,12,18,19)/t3-,4+,5+/m0/s1. The van der Waals surface area contributed by atoms with Crippen molar-refractivity contribution >= 4 is 21.7 Å². The van der Waals surface area contributed by atoms with Crippen LogP contribution < -0.4 is 11.2 Å². The van der Waals surface area contributed by atoms with E-state index in [0.717, 1.165) is 4.57 Å². The summed E-state index contributed by atoms with van der Waals surface area (Å²) in [5.41, 5.74) is 6.94. The van der Waals surface area contributed by atoms with Crippen LogP contribution in [0.25, 0.3) is 10.4 Å². The number of aromatic nitrogens is 2. The number of H-pyrrole nitrogens is 1. The number of aliphatic hydroxyl groups is 2. The fourth-order valence-electron chi connectivity index (χ4n) is 1.95. The minimum Gasteiger partial charge on any atom is -0.394 e. The highest BCUT2D eigenvalue weighted by Crippen LogP contribution is 2.32. The molecule has 1 aliphatic rings. The van der Waals surface area contributed by atoms with Crippen LogP contribution in [0.15, 0.2) is 19.2 Å². The lowest BCUT2D eigenvalue weighted by atomic mass is 10.2. The van der Waals surface area contributed by atoms with E-state index in [0.29, 0.717) is 0 Å². The zero-order valence-corrected chi connectivity index (χ0v) is 11.5. The van der Waals surface area contributed by atoms with Gasteiger partial charge in [-0.1, -0.05) is 0 Å². The summed E-state index contributed by atoms with van der Waals surface area (Å²) < 4.78 is 6.10. The molecule has 0 bridgehead atoms. The molecule has 1 fully saturated rings. The number of nitrogens with zero attached hydrogens (tertiary/aromatic N) is 4. The summed E-state index contributed by atoms with van der Waals surface area (Å²) in [5.74, 6) is -0.253. The lowest BCUT2D eigenvalue weighted by molar-refractivity contribution is -0.0453. The summed E-state index contributed by atoms with van der Waals surface area (Å²) in [7, 11) is 0. The number of aromatic amines is 1. The molecule has 0 amide bonds. The van der Waals surface area contributed by atoms with E-state index in [-0.39, 0.29) is 16.7 Å². The average molecular weight is 348 g/mol. The Morgan fingerprint density at radius 1 is 1.60 bits per heavy atom. The van der Waals surface area contributed by atoms with E-state index in [9.17, 15) is 14.7 Å². The van der Waals surface area contributed by atoms with Crippen LogP contribution in [0, 0.1) is 0 Å². The van der Waals surface area contributed by atoms with Gasteiger partial charge in [-0.3, -0.25) is 14.3 Å². The second kappa shape index (κ2) is 5.77. The van der Waals surface area contributed by atoms with Crippen LogP contribution >= 0.6 is 15.9 Å². The molecule has 0 spiro atoms. The number of nitrogens with one attached hydrogen (secondary N) is 1. The molecule has 3 atom stereocenters. The van der Waals surface area contributed by atoms with Gasteiger partial charge in [0.05, 0.1) is 12.7 Å². The maximum atomic E-state index is 11.9. The van der Waals surface area contributed by atoms with Crippen LogP contribution in [-0.4, -0.2) is 38.6 Å². The first-order valence-electron chi connectivity index (χ1n) is 5.53. The minimum atomic E-state index is -0.971. The van der Waals surface area contributed by atoms with Crippen LogP contribution in [0.4, 0.5) is 5.82 Å². The Labute approximate surface area is 119 Å². The Balaban J connectivity index is 2.57. The van der Waals surface area contributed by atoms with Gasteiger partial charge in [0.15, 0.2) is 0 Å². The summed E-state index contributed by atoms with van der Waals surface area (Å²) in [6.45, 7) is -0.423. The van der Waals surface area contributed by atoms with Gasteiger partial charge in [0.25, 0.3) is 5.56 Å². The Bertz CT molecular complexity index is 678. The van der Waals surface area contributed by atoms with Gasteiger partial charge in [-0.25, -0.2) is 4.79 Å². The molecule has 1 saturated heterocycles. The molecular formula is C9H10BrN5O5. The number of ether oxygens (including phenoxy) is 1. The second-order valence-electron chi connectivity index (χ2n) is 4.07. The molecule has 0 saturated carbocycles. The van der Waals surface area contributed by atoms with Gasteiger partial charge >= 0.3 is 5.69 Å². The predicted molar refractivity (Wildman–Crippen MR) is 69.4 cm³/mol. The third-order valence-corrected chi connectivity index (χ3v) is 3.59. The zero-order chi connectivity index (χ0) is 14.9. The van der Waals surface area contributed by atoms with E-state index in [1.165, 1.54) is 0 Å². The van der Waals surface area contributed by atoms with Gasteiger partial charge in [-0.05, 0) is 26.6 Å². The molecule has 0 aliphatic carbocycles. The van der Waals surface area contributed by atoms with Crippen molar-refractivity contribution in [3.63, 3.8) is 0 Å². The van der Waals surface area contributed by atoms with Crippen molar-refractivity contribution in [2.24, 2.45) is 5.11 Å². The van der Waals surface area contributed by atoms with Gasteiger partial charge < -0.3 is 14.9 Å². The highest BCUT2D eigenvalue weighted by atomic mass is 79.9. The van der Waals surface area contributed by atoms with Crippen molar-refractivity contribution in [2.75, 3.05) is 6.61 Å². The first-order valence-corrected chi connectivity index (χ1v) is 6.32. The predicted octanol–water partition coefficient (Wildman–Crippen LogP) is -0.118. The van der Waals surface area contributed by atoms with E-state index in [1.807, 2.05) is 4.98 Å². The molecule has 20 heavy (non-hydrogen) atoms. The topological polar surface area (TPSA) is 153 Å². The number of aliphatic hydroxyl groups excluding tert-OH is 2. The maximum Gasteiger partial charge on any atom is 0.330 e. The highest BCUT2D eigenvalue weighted by molar-refractivity contribution is 9.10. The Morgan fingerprint density at radius 3 is 2.85 bits per heavy atom. The molecular weight excluding hydrogens is 338 g/mol. The molecule has 1 aromatic rings. The smallest absolute Gasteiger partial charge is 0.330 e. The van der Waals surface area contributed by atoms with Crippen molar-refractivity contribution in [1.29, 1.82) is 0 Å². The number of hydrogen-bond acceptors (Lipinski definition) is 6. The lowest BCUT2D eigenvalue weighted by Crippen LogP contribution is -2.33. The van der Waals surface area contributed by atoms with E-state index < -0.39 is 36.3 Å². The molecule has 0 radical (unpaired) electrons. The van der Waals surface area contributed by atoms with E-state index in [1.54, 1.807) is 0 Å². The van der Waals surface area contributed by atoms with Crippen molar-refractivity contribution in [3.05, 3.63) is 35.8 Å². The van der Waals surface area contributed by atoms with Crippen LogP contribution in [0.2, 0.25) is 0 Å². The SMILES string of the molecule is [N-]=[N+]=Nc1c(Br)c(=O)[nH]c(=O)n1[C@H]1C[C@H](O)[C@@H](CO)O1. The Kier molecular flexibility index (Phi) is 4.26. The average Bonchev–Trinajstić information content (AvgIpc) is 2.76. The van der Waals surface area contributed by atoms with E-state index in [2.05, 4.69) is 26.0 Å². The van der Waals surface area contributed by atoms with Crippen LogP contribution in [0.1, 0.15) is 12.6 Å². The fraction of sp³-hybridized carbons (Fsp3) is 0.556. The molecule has 11 heteroatoms. The van der Waals surface area contributed by atoms with Gasteiger partial charge in [0.1, 0.15) is 22.6 Å². The zero-order valence-electron chi connectivity index (χ0n) is 9.93. The number of halogens is 1. The molecule has 0 unspecified atom stereocenters. The highest BCUT2D eigenvalue weighted by Gasteiger charge is 2.36. The molecule has 2 heterocycles. The molecule has 1 aromatic heterocycles. The van der Waals surface area contributed by atoms with Crippen molar-refractivity contribution in [3.8, 4) is 0 Å². The molecule has 0 aromatic carbocycles. The second-order valence-corrected chi connectivity index (χ2v) is 4.86. The molecule has 10 nitrogen and oxygen atoms in total. The van der Waals surface area contributed by atoms with Gasteiger partial charge in [-0.2, -0.15) is 0 Å². The molecule has 1 aliphatic heterocycles. The largest absolute Gasteiger partial charge is 0.394 e. The summed E-state index contributed by atoms with van der Waals surface area (Å²) in [5, 5.41) is 22.0. The number of rotatable bonds is 3. The summed E-state index contributed by atoms with van der Waals surface area (Å²) in [6.07, 6.45) is -2.77. The molecule has 108 valence electrons. The molecule has 3 N–H and O–H groups in total. The monoisotopic (exact) mass is 347 g/mol. The first-order chi connectivity index (χ1) is 9.49. The lowest BCUT2D eigenvalue weighted by Gasteiger charge is -2.17. The third-order valence-electron chi connectivity index (χ3n) is 2.87. The van der Waals surface area contributed by atoms with Crippen molar-refractivity contribution < 1.29 is 14.9 Å². The Hall–Kier alpha value is -1.65. The van der Waals surface area contributed by atoms with Crippen molar-refractivity contribution in [1.82, 2.24) is 9.55 Å². The van der Waals surface area contributed by atoms with Gasteiger partial charge in [0, 0.05) is 11.3 Å². The number of hydrogen-bond donors (Lipinski definition) is 3. The summed E-state index contributed by atoms with van der Waals surface area (Å²) in [6, 6.07) is 0. The first kappa shape index (κ1) is 14.8. The minimum absolute atomic E-state index is 0.0115. The summed E-state index contributed by atoms with van der Waals surface area (Å²) in [4.78, 5) is 27.9. The van der Waals surface area contributed by atoms with Gasteiger partial charge in [0.2, 0.25) is 0 Å². The third kappa shape index (κ3) is 2.49. The van der Waals surface area contributed by atoms with E-state index in [4.69, 9.17) is 15.4 Å². The van der Waals surface area contributed by atoms with Crippen LogP contribution in [0.3, 0.4) is 0 Å². The van der Waals surface area contributed by atoms with Crippen LogP contribution in [0.5, 0.6) is 0 Å². The van der Waals surface area contributed by atoms with Gasteiger partial charge in [-0.15, -0.1) is 0 Å². The number of azide groups is 1.